The molecule has 0 bridgehead atoms. The second-order valence-corrected chi connectivity index (χ2v) is 7.93. The molecule has 152 valence electrons. The maximum Gasteiger partial charge on any atom is 0.132 e. The predicted molar refractivity (Wildman–Crippen MR) is 111 cm³/mol. The highest BCUT2D eigenvalue weighted by molar-refractivity contribution is 5.55. The van der Waals surface area contributed by atoms with E-state index in [1.165, 1.54) is 12.1 Å². The molecule has 0 aliphatic carbocycles. The van der Waals surface area contributed by atoms with Crippen molar-refractivity contribution in [3.63, 3.8) is 0 Å². The minimum atomic E-state index is -0.902. The van der Waals surface area contributed by atoms with E-state index < -0.39 is 17.7 Å². The summed E-state index contributed by atoms with van der Waals surface area (Å²) in [7, 11) is 0. The number of anilines is 1. The lowest BCUT2D eigenvalue weighted by Crippen LogP contribution is -2.53. The minimum Gasteiger partial charge on any atom is -0.485 e. The Balaban J connectivity index is 1.88. The topological polar surface area (TPSA) is 69.4 Å². The molecule has 0 spiro atoms. The van der Waals surface area contributed by atoms with Crippen LogP contribution in [-0.4, -0.2) is 21.8 Å². The zero-order valence-electron chi connectivity index (χ0n) is 16.8. The molecule has 5 nitrogen and oxygen atoms in total. The van der Waals surface area contributed by atoms with E-state index in [1.54, 1.807) is 42.7 Å². The van der Waals surface area contributed by atoms with Crippen molar-refractivity contribution in [3.05, 3.63) is 89.5 Å². The number of hydrogen-bond donors (Lipinski definition) is 1. The first-order chi connectivity index (χ1) is 14.4. The molecule has 2 aromatic carbocycles. The third kappa shape index (κ3) is 3.72. The van der Waals surface area contributed by atoms with Crippen LogP contribution in [0.5, 0.6) is 5.75 Å². The van der Waals surface area contributed by atoms with Crippen molar-refractivity contribution in [2.24, 2.45) is 0 Å². The second-order valence-electron chi connectivity index (χ2n) is 7.93. The highest BCUT2D eigenvalue weighted by Crippen LogP contribution is 2.45. The molecule has 0 unspecified atom stereocenters. The number of nitrogens with zero attached hydrogens (tertiary/aromatic N) is 3. The van der Waals surface area contributed by atoms with Gasteiger partial charge in [0.15, 0.2) is 0 Å². The first-order valence-corrected chi connectivity index (χ1v) is 9.71. The van der Waals surface area contributed by atoms with Gasteiger partial charge in [0.05, 0.1) is 17.7 Å². The van der Waals surface area contributed by atoms with Crippen LogP contribution in [0.25, 0.3) is 0 Å². The summed E-state index contributed by atoms with van der Waals surface area (Å²) < 4.78 is 19.7. The molecule has 3 aromatic rings. The summed E-state index contributed by atoms with van der Waals surface area (Å²) in [5.41, 5.74) is 2.02. The van der Waals surface area contributed by atoms with Crippen molar-refractivity contribution in [2.45, 2.75) is 38.1 Å². The number of aromatic nitrogens is 1. The Hall–Kier alpha value is -3.43. The van der Waals surface area contributed by atoms with Gasteiger partial charge in [-0.1, -0.05) is 6.07 Å². The molecule has 0 fully saturated rings. The number of nitriles is 1. The van der Waals surface area contributed by atoms with E-state index in [2.05, 4.69) is 11.1 Å². The van der Waals surface area contributed by atoms with Gasteiger partial charge < -0.3 is 14.7 Å². The number of hydrogen-bond acceptors (Lipinski definition) is 5. The molecule has 0 saturated heterocycles. The predicted octanol–water partition coefficient (Wildman–Crippen LogP) is 4.37. The Kier molecular flexibility index (Phi) is 5.15. The van der Waals surface area contributed by atoms with Crippen LogP contribution < -0.4 is 9.64 Å². The third-order valence-corrected chi connectivity index (χ3v) is 5.41. The van der Waals surface area contributed by atoms with Crippen molar-refractivity contribution in [2.75, 3.05) is 4.90 Å². The van der Waals surface area contributed by atoms with Gasteiger partial charge >= 0.3 is 0 Å². The van der Waals surface area contributed by atoms with Gasteiger partial charge in [-0.05, 0) is 67.9 Å². The van der Waals surface area contributed by atoms with Crippen LogP contribution in [0.4, 0.5) is 10.1 Å². The molecule has 6 heteroatoms. The highest BCUT2D eigenvalue weighted by atomic mass is 19.1. The molecule has 1 N–H and O–H groups in total. The van der Waals surface area contributed by atoms with Gasteiger partial charge in [0.2, 0.25) is 0 Å². The van der Waals surface area contributed by atoms with Crippen LogP contribution in [0.1, 0.15) is 36.6 Å². The summed E-state index contributed by atoms with van der Waals surface area (Å²) in [6, 6.07) is 16.8. The lowest BCUT2D eigenvalue weighted by molar-refractivity contribution is -0.0590. The van der Waals surface area contributed by atoms with Crippen LogP contribution in [0.3, 0.4) is 0 Å². The maximum atomic E-state index is 13.6. The van der Waals surface area contributed by atoms with Gasteiger partial charge in [-0.3, -0.25) is 4.98 Å². The number of fused-ring (bicyclic) bond motifs is 1. The van der Waals surface area contributed by atoms with Crippen molar-refractivity contribution in [1.82, 2.24) is 4.98 Å². The van der Waals surface area contributed by atoms with E-state index in [-0.39, 0.29) is 5.82 Å². The molecule has 0 saturated carbocycles. The molecule has 4 rings (SSSR count). The van der Waals surface area contributed by atoms with Crippen LogP contribution in [-0.2, 0) is 6.54 Å². The standard InChI is InChI=1S/C24H22FN3O2/c1-24(2)23(29)22(20-12-16(13-26)5-10-21(20)30-24)28(15-17-4-3-11-27-14-17)19-8-6-18(25)7-9-19/h3-12,14,22-23,29H,15H2,1-2H3/t22-,23+/m0/s1. The van der Waals surface area contributed by atoms with Gasteiger partial charge in [0.1, 0.15) is 23.3 Å². The minimum absolute atomic E-state index is 0.333. The highest BCUT2D eigenvalue weighted by Gasteiger charge is 2.45. The van der Waals surface area contributed by atoms with Crippen LogP contribution in [0.15, 0.2) is 67.0 Å². The normalized spacial score (nSPS) is 19.3. The quantitative estimate of drug-likeness (QED) is 0.700. The lowest BCUT2D eigenvalue weighted by Gasteiger charge is -2.47. The Bertz CT molecular complexity index is 1080. The van der Waals surface area contributed by atoms with Gasteiger partial charge in [0, 0.05) is 30.2 Å². The van der Waals surface area contributed by atoms with Gasteiger partial charge in [-0.2, -0.15) is 5.26 Å². The molecule has 2 atom stereocenters. The van der Waals surface area contributed by atoms with Crippen LogP contribution in [0, 0.1) is 17.1 Å². The number of benzene rings is 2. The summed E-state index contributed by atoms with van der Waals surface area (Å²) in [6.45, 7) is 4.10. The maximum absolute atomic E-state index is 13.6. The first-order valence-electron chi connectivity index (χ1n) is 9.71. The number of halogens is 1. The average molecular weight is 403 g/mol. The number of aliphatic hydroxyl groups excluding tert-OH is 1. The Labute approximate surface area is 175 Å². The summed E-state index contributed by atoms with van der Waals surface area (Å²) >= 11 is 0. The van der Waals surface area contributed by atoms with Gasteiger partial charge in [-0.25, -0.2) is 4.39 Å². The fraction of sp³-hybridized carbons (Fsp3) is 0.250. The number of rotatable bonds is 4. The zero-order chi connectivity index (χ0) is 21.3. The summed E-state index contributed by atoms with van der Waals surface area (Å²) in [5.74, 6) is 0.285. The molecule has 1 aliphatic rings. The Morgan fingerprint density at radius 3 is 2.63 bits per heavy atom. The Morgan fingerprint density at radius 1 is 1.20 bits per heavy atom. The second kappa shape index (κ2) is 7.77. The monoisotopic (exact) mass is 403 g/mol. The van der Waals surface area contributed by atoms with Crippen molar-refractivity contribution in [1.29, 1.82) is 5.26 Å². The van der Waals surface area contributed by atoms with E-state index in [9.17, 15) is 14.8 Å². The number of aliphatic hydroxyl groups is 1. The van der Waals surface area contributed by atoms with Crippen LogP contribution in [0.2, 0.25) is 0 Å². The fourth-order valence-corrected chi connectivity index (χ4v) is 3.85. The summed E-state index contributed by atoms with van der Waals surface area (Å²) in [5, 5.41) is 20.7. The number of ether oxygens (including phenoxy) is 1. The first kappa shape index (κ1) is 19.9. The van der Waals surface area contributed by atoms with E-state index in [0.717, 1.165) is 11.3 Å². The van der Waals surface area contributed by atoms with Crippen molar-refractivity contribution < 1.29 is 14.2 Å². The van der Waals surface area contributed by atoms with Gasteiger partial charge in [0.25, 0.3) is 0 Å². The van der Waals surface area contributed by atoms with Gasteiger partial charge in [-0.15, -0.1) is 0 Å². The SMILES string of the molecule is CC1(C)Oc2ccc(C#N)cc2[C@H](N(Cc2cccnc2)c2ccc(F)cc2)[C@H]1O. The number of pyridine rings is 1. The lowest BCUT2D eigenvalue weighted by atomic mass is 9.84. The molecular formula is C24H22FN3O2. The molecule has 30 heavy (non-hydrogen) atoms. The average Bonchev–Trinajstić information content (AvgIpc) is 2.74. The van der Waals surface area contributed by atoms with E-state index >= 15 is 0 Å². The summed E-state index contributed by atoms with van der Waals surface area (Å²) in [4.78, 5) is 6.20. The van der Waals surface area contributed by atoms with Crippen molar-refractivity contribution in [3.8, 4) is 11.8 Å². The van der Waals surface area contributed by atoms with Crippen molar-refractivity contribution >= 4 is 5.69 Å². The molecule has 2 heterocycles. The molecule has 1 aromatic heterocycles. The smallest absolute Gasteiger partial charge is 0.132 e. The Morgan fingerprint density at radius 2 is 1.97 bits per heavy atom. The van der Waals surface area contributed by atoms with E-state index in [1.807, 2.05) is 30.9 Å². The van der Waals surface area contributed by atoms with Crippen LogP contribution >= 0.6 is 0 Å². The summed E-state index contributed by atoms with van der Waals surface area (Å²) in [6.07, 6.45) is 2.56. The largest absolute Gasteiger partial charge is 0.485 e. The molecule has 0 amide bonds. The molecule has 0 radical (unpaired) electrons. The van der Waals surface area contributed by atoms with E-state index in [4.69, 9.17) is 4.74 Å². The fourth-order valence-electron chi connectivity index (χ4n) is 3.85. The molecule has 1 aliphatic heterocycles. The molecular weight excluding hydrogens is 381 g/mol. The van der Waals surface area contributed by atoms with E-state index in [0.29, 0.717) is 23.4 Å². The third-order valence-electron chi connectivity index (χ3n) is 5.41. The zero-order valence-corrected chi connectivity index (χ0v) is 16.8.